The molecule has 0 aliphatic heterocycles. The van der Waals surface area contributed by atoms with Crippen LogP contribution in [-0.2, 0) is 17.9 Å². The number of rotatable bonds is 9. The molecule has 6 heteroatoms. The molecule has 2 heterocycles. The Kier molecular flexibility index (Phi) is 7.07. The van der Waals surface area contributed by atoms with Crippen molar-refractivity contribution in [2.45, 2.75) is 13.2 Å². The van der Waals surface area contributed by atoms with Crippen LogP contribution in [0.25, 0.3) is 28.6 Å². The van der Waals surface area contributed by atoms with Crippen LogP contribution >= 0.6 is 0 Å². The minimum absolute atomic E-state index is 0.150. The Morgan fingerprint density at radius 3 is 2.55 bits per heavy atom. The highest BCUT2D eigenvalue weighted by Crippen LogP contribution is 2.35. The van der Waals surface area contributed by atoms with E-state index < -0.39 is 0 Å². The number of hydrogen-bond acceptors (Lipinski definition) is 4. The van der Waals surface area contributed by atoms with Crippen molar-refractivity contribution >= 4 is 12.0 Å². The van der Waals surface area contributed by atoms with Gasteiger partial charge in [-0.1, -0.05) is 67.3 Å². The number of carbonyl (C=O) groups excluding carboxylic acids is 1. The van der Waals surface area contributed by atoms with E-state index in [1.165, 1.54) is 0 Å². The lowest BCUT2D eigenvalue weighted by molar-refractivity contribution is 0.0954. The van der Waals surface area contributed by atoms with Gasteiger partial charge in [-0.3, -0.25) is 9.78 Å². The van der Waals surface area contributed by atoms with Gasteiger partial charge in [0.25, 0.3) is 5.91 Å². The summed E-state index contributed by atoms with van der Waals surface area (Å²) >= 11 is 0. The van der Waals surface area contributed by atoms with E-state index in [-0.39, 0.29) is 12.6 Å². The summed E-state index contributed by atoms with van der Waals surface area (Å²) in [5.74, 6) is -0.150. The topological polar surface area (TPSA) is 69.0 Å². The van der Waals surface area contributed by atoms with Crippen molar-refractivity contribution in [3.63, 3.8) is 0 Å². The van der Waals surface area contributed by atoms with Crippen LogP contribution in [0.5, 0.6) is 0 Å². The molecule has 0 unspecified atom stereocenters. The molecule has 0 radical (unpaired) electrons. The minimum Gasteiger partial charge on any atom is -0.362 e. The van der Waals surface area contributed by atoms with Crippen molar-refractivity contribution in [2.24, 2.45) is 0 Å². The number of nitrogens with zero attached hydrogens (tertiary/aromatic N) is 3. The highest BCUT2D eigenvalue weighted by Gasteiger charge is 2.22. The summed E-state index contributed by atoms with van der Waals surface area (Å²) in [4.78, 5) is 17.5. The maximum Gasteiger partial charge on any atom is 0.251 e. The van der Waals surface area contributed by atoms with Gasteiger partial charge in [-0.2, -0.15) is 5.10 Å². The van der Waals surface area contributed by atoms with E-state index in [2.05, 4.69) is 16.9 Å². The lowest BCUT2D eigenvalue weighted by Gasteiger charge is -2.13. The van der Waals surface area contributed by atoms with Crippen LogP contribution in [0.3, 0.4) is 0 Å². The predicted molar refractivity (Wildman–Crippen MR) is 130 cm³/mol. The highest BCUT2D eigenvalue weighted by atomic mass is 16.5. The lowest BCUT2D eigenvalue weighted by atomic mass is 9.97. The number of aromatic nitrogens is 3. The maximum absolute atomic E-state index is 13.2. The number of carbonyl (C=O) groups is 1. The smallest absolute Gasteiger partial charge is 0.251 e. The first-order valence-corrected chi connectivity index (χ1v) is 10.8. The number of methoxy groups -OCH3 is 1. The van der Waals surface area contributed by atoms with E-state index in [0.29, 0.717) is 18.5 Å². The molecular weight excluding hydrogens is 412 g/mol. The largest absolute Gasteiger partial charge is 0.362 e. The molecule has 0 aliphatic carbocycles. The number of amides is 1. The summed E-state index contributed by atoms with van der Waals surface area (Å²) in [6, 6.07) is 23.2. The summed E-state index contributed by atoms with van der Waals surface area (Å²) in [6.45, 7) is 4.77. The van der Waals surface area contributed by atoms with Crippen molar-refractivity contribution < 1.29 is 9.53 Å². The van der Waals surface area contributed by atoms with E-state index in [1.807, 2.05) is 72.8 Å². The van der Waals surface area contributed by atoms with Crippen molar-refractivity contribution in [1.29, 1.82) is 0 Å². The lowest BCUT2D eigenvalue weighted by Crippen LogP contribution is -2.26. The van der Waals surface area contributed by atoms with E-state index in [4.69, 9.17) is 9.84 Å². The Bertz CT molecular complexity index is 1230. The molecule has 0 fully saturated rings. The van der Waals surface area contributed by atoms with Gasteiger partial charge in [0.15, 0.2) is 0 Å². The van der Waals surface area contributed by atoms with Gasteiger partial charge in [-0.15, -0.1) is 0 Å². The molecule has 1 amide bonds. The van der Waals surface area contributed by atoms with Crippen LogP contribution in [0, 0.1) is 0 Å². The van der Waals surface area contributed by atoms with Gasteiger partial charge in [0, 0.05) is 54.2 Å². The minimum atomic E-state index is -0.150. The monoisotopic (exact) mass is 438 g/mol. The summed E-state index contributed by atoms with van der Waals surface area (Å²) in [5, 5.41) is 7.82. The molecule has 33 heavy (non-hydrogen) atoms. The van der Waals surface area contributed by atoms with Crippen LogP contribution in [0.2, 0.25) is 0 Å². The fraction of sp³-hybridized carbons (Fsp3) is 0.148. The van der Waals surface area contributed by atoms with Crippen LogP contribution in [0.15, 0.2) is 85.6 Å². The van der Waals surface area contributed by atoms with Gasteiger partial charge in [-0.25, -0.2) is 4.68 Å². The summed E-state index contributed by atoms with van der Waals surface area (Å²) < 4.78 is 7.19. The molecule has 166 valence electrons. The molecule has 0 spiro atoms. The third kappa shape index (κ3) is 4.91. The van der Waals surface area contributed by atoms with Gasteiger partial charge in [0.05, 0.1) is 5.69 Å². The molecule has 2 aromatic carbocycles. The van der Waals surface area contributed by atoms with Crippen molar-refractivity contribution in [3.8, 4) is 22.5 Å². The fourth-order valence-corrected chi connectivity index (χ4v) is 3.81. The predicted octanol–water partition coefficient (Wildman–Crippen LogP) is 4.83. The average molecular weight is 439 g/mol. The number of ether oxygens (including phenoxy) is 1. The summed E-state index contributed by atoms with van der Waals surface area (Å²) in [6.07, 6.45) is 4.20. The number of benzene rings is 2. The fourth-order valence-electron chi connectivity index (χ4n) is 3.81. The van der Waals surface area contributed by atoms with Gasteiger partial charge < -0.3 is 10.1 Å². The Hall–Kier alpha value is -4.03. The second-order valence-electron chi connectivity index (χ2n) is 7.47. The first-order chi connectivity index (χ1) is 16.2. The number of pyridine rings is 1. The second-order valence-corrected chi connectivity index (χ2v) is 7.47. The van der Waals surface area contributed by atoms with E-state index in [1.54, 1.807) is 24.1 Å². The molecule has 0 atom stereocenters. The molecule has 0 saturated heterocycles. The molecule has 4 rings (SSSR count). The van der Waals surface area contributed by atoms with Crippen molar-refractivity contribution in [1.82, 2.24) is 20.1 Å². The van der Waals surface area contributed by atoms with Crippen molar-refractivity contribution in [2.75, 3.05) is 13.7 Å². The van der Waals surface area contributed by atoms with Gasteiger partial charge in [0.1, 0.15) is 12.4 Å². The Morgan fingerprint density at radius 2 is 1.82 bits per heavy atom. The zero-order chi connectivity index (χ0) is 23.0. The zero-order valence-electron chi connectivity index (χ0n) is 18.6. The third-order valence-corrected chi connectivity index (χ3v) is 5.31. The van der Waals surface area contributed by atoms with Crippen LogP contribution < -0.4 is 5.32 Å². The van der Waals surface area contributed by atoms with E-state index in [0.717, 1.165) is 33.8 Å². The molecule has 0 aliphatic rings. The maximum atomic E-state index is 13.2. The highest BCUT2D eigenvalue weighted by molar-refractivity contribution is 6.02. The molecule has 6 nitrogen and oxygen atoms in total. The molecule has 0 bridgehead atoms. The first-order valence-electron chi connectivity index (χ1n) is 10.8. The number of hydrogen-bond donors (Lipinski definition) is 1. The first kappa shape index (κ1) is 22.2. The second kappa shape index (κ2) is 10.5. The third-order valence-electron chi connectivity index (χ3n) is 5.31. The van der Waals surface area contributed by atoms with Crippen LogP contribution in [0.1, 0.15) is 21.6 Å². The summed E-state index contributed by atoms with van der Waals surface area (Å²) in [5.41, 5.74) is 5.69. The molecular formula is C27H26N4O2. The Balaban J connectivity index is 1.70. The molecule has 4 aromatic rings. The van der Waals surface area contributed by atoms with E-state index >= 15 is 0 Å². The van der Waals surface area contributed by atoms with Crippen molar-refractivity contribution in [3.05, 3.63) is 102 Å². The number of nitrogens with one attached hydrogen (secondary N) is 1. The molecule has 0 saturated carbocycles. The quantitative estimate of drug-likeness (QED) is 0.406. The van der Waals surface area contributed by atoms with Crippen LogP contribution in [-0.4, -0.2) is 34.3 Å². The van der Waals surface area contributed by atoms with Crippen LogP contribution in [0.4, 0.5) is 0 Å². The normalized spacial score (nSPS) is 10.7. The molecule has 1 N–H and O–H groups in total. The van der Waals surface area contributed by atoms with Gasteiger partial charge in [-0.05, 0) is 18.2 Å². The Morgan fingerprint density at radius 1 is 1.06 bits per heavy atom. The van der Waals surface area contributed by atoms with Gasteiger partial charge in [0.2, 0.25) is 0 Å². The Labute approximate surface area is 193 Å². The van der Waals surface area contributed by atoms with E-state index in [9.17, 15) is 4.79 Å². The zero-order valence-corrected chi connectivity index (χ0v) is 18.6. The standard InChI is InChI=1S/C27H26N4O2/c1-3-22-25(20-11-5-4-6-12-20)30-31(19-33-2)26(22)23-14-7-8-15-24(23)27(32)29-18-16-21-13-9-10-17-28-21/h3-15,17H,1,16,18-19H2,2H3,(H,29,32). The summed E-state index contributed by atoms with van der Waals surface area (Å²) in [7, 11) is 1.62. The SMILES string of the molecule is C=Cc1c(-c2ccccc2)nn(COC)c1-c1ccccc1C(=O)NCCc1ccccn1. The molecule has 2 aromatic heterocycles. The van der Waals surface area contributed by atoms with Gasteiger partial charge >= 0.3 is 0 Å². The average Bonchev–Trinajstić information content (AvgIpc) is 3.23.